The first kappa shape index (κ1) is 12.4. The van der Waals surface area contributed by atoms with Crippen LogP contribution in [-0.2, 0) is 10.1 Å². The quantitative estimate of drug-likeness (QED) is 0.457. The van der Waals surface area contributed by atoms with Gasteiger partial charge in [0.25, 0.3) is 0 Å². The maximum atomic E-state index is 11.2. The van der Waals surface area contributed by atoms with Gasteiger partial charge in [0.15, 0.2) is 0 Å². The lowest BCUT2D eigenvalue weighted by atomic mass is 10.2. The van der Waals surface area contributed by atoms with Gasteiger partial charge in [-0.3, -0.25) is 10.1 Å². The zero-order valence-corrected chi connectivity index (χ0v) is 9.65. The second-order valence-corrected chi connectivity index (χ2v) is 4.97. The first-order valence-corrected chi connectivity index (χ1v) is 6.11. The molecule has 0 bridgehead atoms. The molecule has 0 radical (unpaired) electrons. The van der Waals surface area contributed by atoms with Crippen molar-refractivity contribution in [3.63, 3.8) is 0 Å². The number of nitro benzene ring substituents is 1. The highest BCUT2D eigenvalue weighted by atomic mass is 32.2. The van der Waals surface area contributed by atoms with Crippen molar-refractivity contribution in [1.82, 2.24) is 0 Å². The third-order valence-electron chi connectivity index (χ3n) is 1.95. The van der Waals surface area contributed by atoms with E-state index in [0.29, 0.717) is 5.56 Å². The number of hydrogen-bond donors (Lipinski definition) is 0. The molecular formula is C9H11NO5S. The van der Waals surface area contributed by atoms with E-state index in [1.54, 1.807) is 0 Å². The van der Waals surface area contributed by atoms with Crippen molar-refractivity contribution < 1.29 is 17.5 Å². The summed E-state index contributed by atoms with van der Waals surface area (Å²) in [6.45, 7) is 2.92. The summed E-state index contributed by atoms with van der Waals surface area (Å²) in [5.74, 6) is -0.482. The molecule has 16 heavy (non-hydrogen) atoms. The number of hydrogen-bond acceptors (Lipinski definition) is 5. The van der Waals surface area contributed by atoms with Crippen LogP contribution >= 0.6 is 0 Å². The second kappa shape index (κ2) is 4.48. The zero-order valence-electron chi connectivity index (χ0n) is 8.84. The average Bonchev–Trinajstić information content (AvgIpc) is 2.16. The Morgan fingerprint density at radius 1 is 1.44 bits per heavy atom. The first-order valence-electron chi connectivity index (χ1n) is 4.53. The largest absolute Gasteiger partial charge is 0.375 e. The summed E-state index contributed by atoms with van der Waals surface area (Å²) in [5.41, 5.74) is 0.0355. The highest BCUT2D eigenvalue weighted by Crippen LogP contribution is 2.31. The van der Waals surface area contributed by atoms with Crippen LogP contribution in [0.5, 0.6) is 5.75 Å². The van der Waals surface area contributed by atoms with Crippen LogP contribution in [-0.4, -0.2) is 19.1 Å². The van der Waals surface area contributed by atoms with Crippen molar-refractivity contribution >= 4 is 15.8 Å². The molecule has 0 fully saturated rings. The van der Waals surface area contributed by atoms with Gasteiger partial charge in [0.1, 0.15) is 0 Å². The van der Waals surface area contributed by atoms with Gasteiger partial charge in [-0.15, -0.1) is 0 Å². The van der Waals surface area contributed by atoms with Crippen molar-refractivity contribution in [1.29, 1.82) is 0 Å². The predicted molar refractivity (Wildman–Crippen MR) is 57.9 cm³/mol. The lowest BCUT2D eigenvalue weighted by molar-refractivity contribution is -0.386. The Morgan fingerprint density at radius 2 is 2.06 bits per heavy atom. The summed E-state index contributed by atoms with van der Waals surface area (Å²) in [7, 11) is -3.75. The fourth-order valence-electron chi connectivity index (χ4n) is 1.13. The Labute approximate surface area is 93.1 Å². The Morgan fingerprint density at radius 3 is 2.56 bits per heavy atom. The normalized spacial score (nSPS) is 11.1. The van der Waals surface area contributed by atoms with E-state index in [1.807, 2.05) is 0 Å². The van der Waals surface area contributed by atoms with Crippen LogP contribution in [0.25, 0.3) is 0 Å². The first-order chi connectivity index (χ1) is 7.37. The molecule has 6 nitrogen and oxygen atoms in total. The third-order valence-corrected chi connectivity index (χ3v) is 3.09. The molecule has 0 amide bonds. The summed E-state index contributed by atoms with van der Waals surface area (Å²) in [5, 5.41) is 10.7. The smallest absolute Gasteiger partial charge is 0.315 e. The van der Waals surface area contributed by atoms with Crippen molar-refractivity contribution in [3.05, 3.63) is 33.9 Å². The van der Waals surface area contributed by atoms with Crippen LogP contribution in [0.1, 0.15) is 12.5 Å². The Hall–Kier alpha value is -1.63. The van der Waals surface area contributed by atoms with E-state index in [1.165, 1.54) is 32.0 Å². The van der Waals surface area contributed by atoms with Gasteiger partial charge < -0.3 is 4.18 Å². The van der Waals surface area contributed by atoms with E-state index in [2.05, 4.69) is 4.18 Å². The standard InChI is InChI=1S/C9H11NO5S/c1-3-16(13,14)15-8-6-4-5-7(2)9(8)10(11)12/h4-6H,3H2,1-2H3. The summed E-state index contributed by atoms with van der Waals surface area (Å²) < 4.78 is 27.1. The summed E-state index contributed by atoms with van der Waals surface area (Å²) in [6, 6.07) is 4.28. The van der Waals surface area contributed by atoms with E-state index in [0.717, 1.165) is 0 Å². The van der Waals surface area contributed by atoms with Gasteiger partial charge in [0.05, 0.1) is 10.7 Å². The molecule has 0 unspecified atom stereocenters. The van der Waals surface area contributed by atoms with Gasteiger partial charge >= 0.3 is 15.8 Å². The van der Waals surface area contributed by atoms with Gasteiger partial charge in [-0.25, -0.2) is 0 Å². The number of para-hydroxylation sites is 1. The molecule has 1 aromatic rings. The van der Waals surface area contributed by atoms with Crippen LogP contribution in [0.3, 0.4) is 0 Å². The van der Waals surface area contributed by atoms with Crippen LogP contribution in [0.15, 0.2) is 18.2 Å². The monoisotopic (exact) mass is 245 g/mol. The second-order valence-electron chi connectivity index (χ2n) is 3.11. The maximum absolute atomic E-state index is 11.2. The molecule has 0 aromatic heterocycles. The van der Waals surface area contributed by atoms with E-state index in [4.69, 9.17) is 0 Å². The highest BCUT2D eigenvalue weighted by molar-refractivity contribution is 7.87. The molecule has 7 heteroatoms. The zero-order chi connectivity index (χ0) is 12.3. The average molecular weight is 245 g/mol. The van der Waals surface area contributed by atoms with Gasteiger partial charge in [-0.2, -0.15) is 8.42 Å². The van der Waals surface area contributed by atoms with E-state index >= 15 is 0 Å². The fraction of sp³-hybridized carbons (Fsp3) is 0.333. The SMILES string of the molecule is CCS(=O)(=O)Oc1cccc(C)c1[N+](=O)[O-]. The number of nitrogens with zero attached hydrogens (tertiary/aromatic N) is 1. The molecule has 0 spiro atoms. The van der Waals surface area contributed by atoms with E-state index in [9.17, 15) is 18.5 Å². The van der Waals surface area contributed by atoms with Crippen LogP contribution in [0.4, 0.5) is 5.69 Å². The van der Waals surface area contributed by atoms with E-state index < -0.39 is 15.0 Å². The topological polar surface area (TPSA) is 86.5 Å². The van der Waals surface area contributed by atoms with Crippen LogP contribution in [0, 0.1) is 17.0 Å². The number of aryl methyl sites for hydroxylation is 1. The lowest BCUT2D eigenvalue weighted by Crippen LogP contribution is -2.12. The predicted octanol–water partition coefficient (Wildman–Crippen LogP) is 1.63. The molecule has 1 rings (SSSR count). The van der Waals surface area contributed by atoms with Crippen LogP contribution < -0.4 is 4.18 Å². The maximum Gasteiger partial charge on any atom is 0.315 e. The van der Waals surface area contributed by atoms with Gasteiger partial charge in [-0.1, -0.05) is 12.1 Å². The summed E-state index contributed by atoms with van der Waals surface area (Å²) >= 11 is 0. The molecule has 88 valence electrons. The summed E-state index contributed by atoms with van der Waals surface area (Å²) in [6.07, 6.45) is 0. The fourth-order valence-corrected chi connectivity index (χ4v) is 1.65. The minimum atomic E-state index is -3.75. The third kappa shape index (κ3) is 2.69. The minimum Gasteiger partial charge on any atom is -0.375 e. The van der Waals surface area contributed by atoms with Gasteiger partial charge in [0, 0.05) is 5.56 Å². The molecule has 0 aliphatic carbocycles. The molecule has 0 aliphatic heterocycles. The molecular weight excluding hydrogens is 234 g/mol. The van der Waals surface area contributed by atoms with Crippen molar-refractivity contribution in [2.75, 3.05) is 5.75 Å². The van der Waals surface area contributed by atoms with Crippen LogP contribution in [0.2, 0.25) is 0 Å². The number of nitro groups is 1. The van der Waals surface area contributed by atoms with Gasteiger partial charge in [0.2, 0.25) is 5.75 Å². The molecule has 1 aromatic carbocycles. The highest BCUT2D eigenvalue weighted by Gasteiger charge is 2.22. The Kier molecular flexibility index (Phi) is 3.48. The molecule has 0 atom stereocenters. The Bertz CT molecular complexity index is 509. The lowest BCUT2D eigenvalue weighted by Gasteiger charge is -2.06. The van der Waals surface area contributed by atoms with Crippen molar-refractivity contribution in [3.8, 4) is 5.75 Å². The molecule has 0 aliphatic rings. The Balaban J connectivity index is 3.25. The summed E-state index contributed by atoms with van der Waals surface area (Å²) in [4.78, 5) is 10.1. The minimum absolute atomic E-state index is 0.238. The van der Waals surface area contributed by atoms with Gasteiger partial charge in [-0.05, 0) is 19.9 Å². The molecule has 0 saturated heterocycles. The van der Waals surface area contributed by atoms with Crippen molar-refractivity contribution in [2.24, 2.45) is 0 Å². The molecule has 0 heterocycles. The number of rotatable bonds is 4. The van der Waals surface area contributed by atoms with E-state index in [-0.39, 0.29) is 17.2 Å². The molecule has 0 N–H and O–H groups in total. The molecule has 0 saturated carbocycles. The number of benzene rings is 1. The van der Waals surface area contributed by atoms with Crippen molar-refractivity contribution in [2.45, 2.75) is 13.8 Å².